The first-order valence-electron chi connectivity index (χ1n) is 5.75. The smallest absolute Gasteiger partial charge is 0.0431 e. The van der Waals surface area contributed by atoms with Crippen molar-refractivity contribution in [2.45, 2.75) is 39.2 Å². The van der Waals surface area contributed by atoms with Crippen molar-refractivity contribution in [2.75, 3.05) is 13.2 Å². The molecular formula is C12H21NOS. The number of unbranched alkanes of at least 4 members (excludes halogenated alkanes) is 2. The number of aliphatic hydroxyl groups is 1. The maximum atomic E-state index is 8.62. The van der Waals surface area contributed by atoms with Crippen molar-refractivity contribution in [3.63, 3.8) is 0 Å². The average Bonchev–Trinajstić information content (AvgIpc) is 2.70. The summed E-state index contributed by atoms with van der Waals surface area (Å²) in [6.45, 7) is 4.58. The summed E-state index contributed by atoms with van der Waals surface area (Å²) in [6, 6.07) is 2.22. The molecule has 0 bridgehead atoms. The Balaban J connectivity index is 2.09. The van der Waals surface area contributed by atoms with Gasteiger partial charge in [-0.25, -0.2) is 0 Å². The maximum Gasteiger partial charge on any atom is 0.0431 e. The highest BCUT2D eigenvalue weighted by molar-refractivity contribution is 7.10. The molecule has 1 aromatic heterocycles. The Bertz CT molecular complexity index is 260. The normalized spacial score (nSPS) is 10.8. The van der Waals surface area contributed by atoms with Gasteiger partial charge in [0, 0.05) is 18.0 Å². The van der Waals surface area contributed by atoms with Crippen LogP contribution in [0.4, 0.5) is 0 Å². The molecule has 0 amide bonds. The standard InChI is InChI=1S/C12H21NOS/c1-2-11-6-9-15-12(11)10-13-7-4-3-5-8-14/h6,9,13-14H,2-5,7-8,10H2,1H3. The van der Waals surface area contributed by atoms with Gasteiger partial charge in [-0.2, -0.15) is 0 Å². The number of thiophene rings is 1. The molecule has 2 N–H and O–H groups in total. The minimum atomic E-state index is 0.324. The molecule has 1 aromatic rings. The molecule has 0 radical (unpaired) electrons. The van der Waals surface area contributed by atoms with Crippen molar-refractivity contribution in [3.05, 3.63) is 21.9 Å². The van der Waals surface area contributed by atoms with Crippen LogP contribution < -0.4 is 5.32 Å². The molecule has 0 saturated heterocycles. The highest BCUT2D eigenvalue weighted by atomic mass is 32.1. The van der Waals surface area contributed by atoms with Gasteiger partial charge in [-0.15, -0.1) is 11.3 Å². The van der Waals surface area contributed by atoms with Gasteiger partial charge in [0.2, 0.25) is 0 Å². The fourth-order valence-corrected chi connectivity index (χ4v) is 2.52. The quantitative estimate of drug-likeness (QED) is 0.669. The van der Waals surface area contributed by atoms with E-state index in [1.54, 1.807) is 0 Å². The molecule has 0 aliphatic carbocycles. The van der Waals surface area contributed by atoms with Crippen molar-refractivity contribution in [1.29, 1.82) is 0 Å². The third-order valence-electron chi connectivity index (χ3n) is 2.52. The van der Waals surface area contributed by atoms with Crippen molar-refractivity contribution >= 4 is 11.3 Å². The fraction of sp³-hybridized carbons (Fsp3) is 0.667. The zero-order valence-corrected chi connectivity index (χ0v) is 10.3. The molecule has 2 nitrogen and oxygen atoms in total. The lowest BCUT2D eigenvalue weighted by Crippen LogP contribution is -2.14. The third kappa shape index (κ3) is 4.78. The zero-order valence-electron chi connectivity index (χ0n) is 9.46. The molecular weight excluding hydrogens is 206 g/mol. The lowest BCUT2D eigenvalue weighted by molar-refractivity contribution is 0.283. The van der Waals surface area contributed by atoms with Crippen LogP contribution in [-0.2, 0) is 13.0 Å². The minimum absolute atomic E-state index is 0.324. The van der Waals surface area contributed by atoms with E-state index in [0.717, 1.165) is 38.8 Å². The number of aryl methyl sites for hydroxylation is 1. The van der Waals surface area contributed by atoms with Gasteiger partial charge in [0.1, 0.15) is 0 Å². The average molecular weight is 227 g/mol. The Morgan fingerprint density at radius 3 is 2.93 bits per heavy atom. The first-order chi connectivity index (χ1) is 7.38. The van der Waals surface area contributed by atoms with Crippen molar-refractivity contribution in [3.8, 4) is 0 Å². The molecule has 0 aliphatic rings. The van der Waals surface area contributed by atoms with E-state index in [-0.39, 0.29) is 0 Å². The molecule has 0 aromatic carbocycles. The molecule has 0 aliphatic heterocycles. The second kappa shape index (κ2) is 7.85. The van der Waals surface area contributed by atoms with Crippen LogP contribution in [0, 0.1) is 0 Å². The van der Waals surface area contributed by atoms with Crippen LogP contribution in [0.15, 0.2) is 11.4 Å². The molecule has 1 rings (SSSR count). The largest absolute Gasteiger partial charge is 0.396 e. The van der Waals surface area contributed by atoms with Gasteiger partial charge in [0.15, 0.2) is 0 Å². The summed E-state index contributed by atoms with van der Waals surface area (Å²) in [7, 11) is 0. The lowest BCUT2D eigenvalue weighted by Gasteiger charge is -2.04. The van der Waals surface area contributed by atoms with Crippen LogP contribution in [0.25, 0.3) is 0 Å². The number of hydrogen-bond acceptors (Lipinski definition) is 3. The topological polar surface area (TPSA) is 32.3 Å². The van der Waals surface area contributed by atoms with Crippen molar-refractivity contribution < 1.29 is 5.11 Å². The number of aliphatic hydroxyl groups excluding tert-OH is 1. The van der Waals surface area contributed by atoms with E-state index >= 15 is 0 Å². The summed E-state index contributed by atoms with van der Waals surface area (Å²) >= 11 is 1.84. The Labute approximate surface area is 96.3 Å². The summed E-state index contributed by atoms with van der Waals surface area (Å²) in [5, 5.41) is 14.2. The van der Waals surface area contributed by atoms with E-state index in [0.29, 0.717) is 6.61 Å². The van der Waals surface area contributed by atoms with Crippen LogP contribution >= 0.6 is 11.3 Å². The third-order valence-corrected chi connectivity index (χ3v) is 3.48. The second-order valence-electron chi connectivity index (χ2n) is 3.68. The van der Waals surface area contributed by atoms with E-state index in [1.807, 2.05) is 11.3 Å². The maximum absolute atomic E-state index is 8.62. The molecule has 0 unspecified atom stereocenters. The molecule has 0 fully saturated rings. The summed E-state index contributed by atoms with van der Waals surface area (Å²) in [6.07, 6.45) is 4.34. The van der Waals surface area contributed by atoms with Crippen LogP contribution in [0.1, 0.15) is 36.6 Å². The second-order valence-corrected chi connectivity index (χ2v) is 4.68. The van der Waals surface area contributed by atoms with Gasteiger partial charge >= 0.3 is 0 Å². The predicted octanol–water partition coefficient (Wildman–Crippen LogP) is 2.56. The van der Waals surface area contributed by atoms with Crippen LogP contribution in [0.5, 0.6) is 0 Å². The molecule has 0 atom stereocenters. The van der Waals surface area contributed by atoms with Crippen molar-refractivity contribution in [1.82, 2.24) is 5.32 Å². The molecule has 1 heterocycles. The first kappa shape index (κ1) is 12.7. The number of nitrogens with one attached hydrogen (secondary N) is 1. The lowest BCUT2D eigenvalue weighted by atomic mass is 10.2. The molecule has 3 heteroatoms. The SMILES string of the molecule is CCc1ccsc1CNCCCCCO. The fourth-order valence-electron chi connectivity index (χ4n) is 1.58. The minimum Gasteiger partial charge on any atom is -0.396 e. The van der Waals surface area contributed by atoms with E-state index in [4.69, 9.17) is 5.11 Å². The molecule has 86 valence electrons. The number of hydrogen-bond donors (Lipinski definition) is 2. The number of rotatable bonds is 8. The molecule has 0 saturated carbocycles. The predicted molar refractivity (Wildman–Crippen MR) is 66.3 cm³/mol. The van der Waals surface area contributed by atoms with Gasteiger partial charge in [-0.3, -0.25) is 0 Å². The molecule has 15 heavy (non-hydrogen) atoms. The summed E-state index contributed by atoms with van der Waals surface area (Å²) in [5.41, 5.74) is 1.47. The van der Waals surface area contributed by atoms with Crippen molar-refractivity contribution in [2.24, 2.45) is 0 Å². The van der Waals surface area contributed by atoms with Gasteiger partial charge in [0.05, 0.1) is 0 Å². The highest BCUT2D eigenvalue weighted by Gasteiger charge is 2.00. The first-order valence-corrected chi connectivity index (χ1v) is 6.63. The monoisotopic (exact) mass is 227 g/mol. The Morgan fingerprint density at radius 2 is 2.20 bits per heavy atom. The summed E-state index contributed by atoms with van der Waals surface area (Å²) < 4.78 is 0. The zero-order chi connectivity index (χ0) is 10.9. The van der Waals surface area contributed by atoms with E-state index in [1.165, 1.54) is 10.4 Å². The summed E-state index contributed by atoms with van der Waals surface area (Å²) in [5.74, 6) is 0. The Hall–Kier alpha value is -0.380. The summed E-state index contributed by atoms with van der Waals surface area (Å²) in [4.78, 5) is 1.47. The van der Waals surface area contributed by atoms with Gasteiger partial charge in [-0.05, 0) is 49.2 Å². The van der Waals surface area contributed by atoms with Crippen LogP contribution in [0.3, 0.4) is 0 Å². The van der Waals surface area contributed by atoms with E-state index < -0.39 is 0 Å². The van der Waals surface area contributed by atoms with Gasteiger partial charge in [-0.1, -0.05) is 6.92 Å². The Morgan fingerprint density at radius 1 is 1.33 bits per heavy atom. The van der Waals surface area contributed by atoms with Gasteiger partial charge in [0.25, 0.3) is 0 Å². The van der Waals surface area contributed by atoms with Crippen LogP contribution in [-0.4, -0.2) is 18.3 Å². The highest BCUT2D eigenvalue weighted by Crippen LogP contribution is 2.16. The van der Waals surface area contributed by atoms with Crippen LogP contribution in [0.2, 0.25) is 0 Å². The van der Waals surface area contributed by atoms with E-state index in [2.05, 4.69) is 23.7 Å². The Kier molecular flexibility index (Phi) is 6.64. The van der Waals surface area contributed by atoms with Gasteiger partial charge < -0.3 is 10.4 Å². The molecule has 0 spiro atoms. The van der Waals surface area contributed by atoms with E-state index in [9.17, 15) is 0 Å².